The lowest BCUT2D eigenvalue weighted by molar-refractivity contribution is 0.309. The monoisotopic (exact) mass is 338 g/mol. The molecule has 2 rings (SSSR count). The van der Waals surface area contributed by atoms with E-state index in [0.29, 0.717) is 0 Å². The van der Waals surface area contributed by atoms with E-state index in [1.54, 1.807) is 0 Å². The van der Waals surface area contributed by atoms with E-state index in [-0.39, 0.29) is 0 Å². The largest absolute Gasteiger partial charge is 0.494 e. The van der Waals surface area contributed by atoms with E-state index in [4.69, 9.17) is 17.0 Å². The SMILES string of the molecule is CCCCOc1cccc(C=CC(=S)c2ccc(CCC)cc2)c1. The Kier molecular flexibility index (Phi) is 7.70. The number of allylic oxidation sites excluding steroid dienone is 1. The molecule has 2 aromatic carbocycles. The summed E-state index contributed by atoms with van der Waals surface area (Å²) in [6.45, 7) is 5.13. The van der Waals surface area contributed by atoms with Crippen molar-refractivity contribution in [3.05, 3.63) is 71.3 Å². The van der Waals surface area contributed by atoms with Crippen molar-refractivity contribution >= 4 is 23.2 Å². The van der Waals surface area contributed by atoms with Gasteiger partial charge in [-0.05, 0) is 47.7 Å². The molecule has 0 saturated carbocycles. The molecule has 0 aliphatic rings. The number of aryl methyl sites for hydroxylation is 1. The Hall–Kier alpha value is -1.93. The van der Waals surface area contributed by atoms with Gasteiger partial charge in [0.15, 0.2) is 0 Å². The van der Waals surface area contributed by atoms with Crippen LogP contribution in [0.25, 0.3) is 6.08 Å². The van der Waals surface area contributed by atoms with Crippen LogP contribution in [0, 0.1) is 0 Å². The highest BCUT2D eigenvalue weighted by molar-refractivity contribution is 7.81. The van der Waals surface area contributed by atoms with Gasteiger partial charge in [0.2, 0.25) is 0 Å². The summed E-state index contributed by atoms with van der Waals surface area (Å²) in [5, 5.41) is 0. The van der Waals surface area contributed by atoms with Crippen LogP contribution in [0.3, 0.4) is 0 Å². The number of ether oxygens (including phenoxy) is 1. The predicted octanol–water partition coefficient (Wildman–Crippen LogP) is 6.25. The number of thiocarbonyl (C=S) groups is 1. The average Bonchev–Trinajstić information content (AvgIpc) is 2.61. The second kappa shape index (κ2) is 10.0. The predicted molar refractivity (Wildman–Crippen MR) is 108 cm³/mol. The maximum Gasteiger partial charge on any atom is 0.119 e. The van der Waals surface area contributed by atoms with Crippen LogP contribution in [0.5, 0.6) is 5.75 Å². The molecule has 0 radical (unpaired) electrons. The molecule has 0 spiro atoms. The Balaban J connectivity index is 1.99. The lowest BCUT2D eigenvalue weighted by atomic mass is 10.1. The van der Waals surface area contributed by atoms with E-state index in [1.165, 1.54) is 12.0 Å². The Morgan fingerprint density at radius 3 is 2.54 bits per heavy atom. The van der Waals surface area contributed by atoms with Crippen LogP contribution >= 0.6 is 12.2 Å². The van der Waals surface area contributed by atoms with Crippen LogP contribution in [0.2, 0.25) is 0 Å². The van der Waals surface area contributed by atoms with E-state index in [0.717, 1.165) is 47.6 Å². The summed E-state index contributed by atoms with van der Waals surface area (Å²) in [6, 6.07) is 16.7. The molecule has 0 aliphatic heterocycles. The zero-order valence-electron chi connectivity index (χ0n) is 14.6. The van der Waals surface area contributed by atoms with Crippen molar-refractivity contribution in [3.8, 4) is 5.75 Å². The first-order valence-corrected chi connectivity index (χ1v) is 9.18. The quantitative estimate of drug-likeness (QED) is 0.231. The lowest BCUT2D eigenvalue weighted by Gasteiger charge is -2.06. The minimum Gasteiger partial charge on any atom is -0.494 e. The minimum absolute atomic E-state index is 0.770. The Morgan fingerprint density at radius 2 is 1.83 bits per heavy atom. The molecule has 24 heavy (non-hydrogen) atoms. The summed E-state index contributed by atoms with van der Waals surface area (Å²) in [4.78, 5) is 0.857. The topological polar surface area (TPSA) is 9.23 Å². The van der Waals surface area contributed by atoms with E-state index in [9.17, 15) is 0 Å². The highest BCUT2D eigenvalue weighted by Gasteiger charge is 1.99. The van der Waals surface area contributed by atoms with Gasteiger partial charge in [0.05, 0.1) is 6.61 Å². The van der Waals surface area contributed by atoms with Crippen LogP contribution in [-0.2, 0) is 6.42 Å². The molecular formula is C22H26OS. The highest BCUT2D eigenvalue weighted by atomic mass is 32.1. The van der Waals surface area contributed by atoms with Gasteiger partial charge in [-0.3, -0.25) is 0 Å². The molecule has 2 aromatic rings. The minimum atomic E-state index is 0.770. The number of unbranched alkanes of at least 4 members (excludes halogenated alkanes) is 1. The van der Waals surface area contributed by atoms with Crippen molar-refractivity contribution in [1.82, 2.24) is 0 Å². The molecule has 0 bridgehead atoms. The number of hydrogen-bond acceptors (Lipinski definition) is 2. The first-order valence-electron chi connectivity index (χ1n) is 8.77. The fraction of sp³-hybridized carbons (Fsp3) is 0.318. The summed E-state index contributed by atoms with van der Waals surface area (Å²) < 4.78 is 5.75. The molecule has 0 fully saturated rings. The normalized spacial score (nSPS) is 10.9. The third-order valence-electron chi connectivity index (χ3n) is 3.83. The first kappa shape index (κ1) is 18.4. The van der Waals surface area contributed by atoms with Crippen molar-refractivity contribution < 1.29 is 4.74 Å². The molecule has 126 valence electrons. The van der Waals surface area contributed by atoms with E-state index in [1.807, 2.05) is 18.2 Å². The van der Waals surface area contributed by atoms with Gasteiger partial charge in [-0.15, -0.1) is 0 Å². The molecule has 0 unspecified atom stereocenters. The highest BCUT2D eigenvalue weighted by Crippen LogP contribution is 2.16. The van der Waals surface area contributed by atoms with Gasteiger partial charge in [-0.25, -0.2) is 0 Å². The van der Waals surface area contributed by atoms with Gasteiger partial charge in [0.1, 0.15) is 5.75 Å². The van der Waals surface area contributed by atoms with Crippen molar-refractivity contribution in [2.75, 3.05) is 6.61 Å². The van der Waals surface area contributed by atoms with Gasteiger partial charge in [0, 0.05) is 4.86 Å². The molecule has 0 amide bonds. The maximum atomic E-state index is 5.75. The van der Waals surface area contributed by atoms with E-state index in [2.05, 4.69) is 56.3 Å². The van der Waals surface area contributed by atoms with Crippen molar-refractivity contribution in [2.24, 2.45) is 0 Å². The average molecular weight is 339 g/mol. The molecule has 0 heterocycles. The summed E-state index contributed by atoms with van der Waals surface area (Å²) >= 11 is 5.53. The zero-order chi connectivity index (χ0) is 17.2. The molecule has 2 heteroatoms. The van der Waals surface area contributed by atoms with Gasteiger partial charge in [-0.2, -0.15) is 0 Å². The molecule has 0 aromatic heterocycles. The molecule has 0 N–H and O–H groups in total. The van der Waals surface area contributed by atoms with Gasteiger partial charge in [-0.1, -0.05) is 81.4 Å². The van der Waals surface area contributed by atoms with Crippen LogP contribution in [0.15, 0.2) is 54.6 Å². The summed E-state index contributed by atoms with van der Waals surface area (Å²) in [5.41, 5.74) is 3.57. The fourth-order valence-corrected chi connectivity index (χ4v) is 2.64. The fourth-order valence-electron chi connectivity index (χ4n) is 2.43. The standard InChI is InChI=1S/C22H26OS/c1-3-5-16-23-21-9-6-8-19(17-21)12-15-22(24)20-13-10-18(7-4-2)11-14-20/h6,8-15,17H,3-5,7,16H2,1-2H3. The van der Waals surface area contributed by atoms with Crippen LogP contribution in [-0.4, -0.2) is 11.5 Å². The molecule has 0 saturated heterocycles. The summed E-state index contributed by atoms with van der Waals surface area (Å²) in [6.07, 6.45) is 8.56. The third kappa shape index (κ3) is 5.93. The Bertz CT molecular complexity index is 671. The smallest absolute Gasteiger partial charge is 0.119 e. The van der Waals surface area contributed by atoms with Crippen molar-refractivity contribution in [1.29, 1.82) is 0 Å². The van der Waals surface area contributed by atoms with E-state index < -0.39 is 0 Å². The van der Waals surface area contributed by atoms with Crippen LogP contribution in [0.1, 0.15) is 49.8 Å². The second-order valence-electron chi connectivity index (χ2n) is 5.92. The maximum absolute atomic E-state index is 5.75. The summed E-state index contributed by atoms with van der Waals surface area (Å²) in [7, 11) is 0. The zero-order valence-corrected chi connectivity index (χ0v) is 15.4. The number of rotatable bonds is 9. The molecule has 0 atom stereocenters. The number of benzene rings is 2. The third-order valence-corrected chi connectivity index (χ3v) is 4.20. The van der Waals surface area contributed by atoms with Gasteiger partial charge < -0.3 is 4.74 Å². The van der Waals surface area contributed by atoms with Crippen LogP contribution < -0.4 is 4.74 Å². The first-order chi connectivity index (χ1) is 11.7. The van der Waals surface area contributed by atoms with Crippen molar-refractivity contribution in [3.63, 3.8) is 0 Å². The summed E-state index contributed by atoms with van der Waals surface area (Å²) in [5.74, 6) is 0.917. The Labute approximate surface area is 151 Å². The molecule has 0 aliphatic carbocycles. The van der Waals surface area contributed by atoms with Crippen LogP contribution in [0.4, 0.5) is 0 Å². The van der Waals surface area contributed by atoms with E-state index >= 15 is 0 Å². The number of hydrogen-bond donors (Lipinski definition) is 0. The molecular weight excluding hydrogens is 312 g/mol. The van der Waals surface area contributed by atoms with Crippen molar-refractivity contribution in [2.45, 2.75) is 39.5 Å². The van der Waals surface area contributed by atoms with Gasteiger partial charge in [0.25, 0.3) is 0 Å². The molecule has 1 nitrogen and oxygen atoms in total. The lowest BCUT2D eigenvalue weighted by Crippen LogP contribution is -1.96. The Morgan fingerprint density at radius 1 is 1.04 bits per heavy atom. The second-order valence-corrected chi connectivity index (χ2v) is 6.36. The van der Waals surface area contributed by atoms with Gasteiger partial charge >= 0.3 is 0 Å².